The molecule has 1 unspecified atom stereocenters. The van der Waals surface area contributed by atoms with Crippen molar-refractivity contribution in [2.45, 2.75) is 32.7 Å². The van der Waals surface area contributed by atoms with Crippen LogP contribution in [0.15, 0.2) is 36.5 Å². The van der Waals surface area contributed by atoms with Crippen molar-refractivity contribution in [3.63, 3.8) is 0 Å². The van der Waals surface area contributed by atoms with Crippen molar-refractivity contribution in [3.8, 4) is 0 Å². The Morgan fingerprint density at radius 1 is 1.16 bits per heavy atom. The first-order valence-corrected chi connectivity index (χ1v) is 8.35. The van der Waals surface area contributed by atoms with Crippen LogP contribution >= 0.6 is 0 Å². The highest BCUT2D eigenvalue weighted by molar-refractivity contribution is 5.99. The highest BCUT2D eigenvalue weighted by Gasteiger charge is 2.29. The number of amides is 2. The molecule has 0 spiro atoms. The Balaban J connectivity index is 1.59. The molecular weight excluding hydrogens is 318 g/mol. The number of carbonyl (C=O) groups excluding carboxylic acids is 3. The number of benzene rings is 1. The molecule has 3 N–H and O–H groups in total. The summed E-state index contributed by atoms with van der Waals surface area (Å²) >= 11 is 0. The molecule has 1 aliphatic carbocycles. The van der Waals surface area contributed by atoms with Gasteiger partial charge in [0.15, 0.2) is 5.78 Å². The van der Waals surface area contributed by atoms with Crippen LogP contribution in [0.5, 0.6) is 0 Å². The van der Waals surface area contributed by atoms with Crippen LogP contribution < -0.4 is 10.6 Å². The predicted molar refractivity (Wildman–Crippen MR) is 94.5 cm³/mol. The highest BCUT2D eigenvalue weighted by atomic mass is 16.2. The molecule has 2 amide bonds. The summed E-state index contributed by atoms with van der Waals surface area (Å²) in [6.45, 7) is 3.33. The Hall–Kier alpha value is -2.89. The van der Waals surface area contributed by atoms with Crippen molar-refractivity contribution in [3.05, 3.63) is 53.3 Å². The topological polar surface area (TPSA) is 91.1 Å². The van der Waals surface area contributed by atoms with Gasteiger partial charge in [-0.25, -0.2) is 0 Å². The average Bonchev–Trinajstić information content (AvgIpc) is 3.31. The second kappa shape index (κ2) is 6.93. The Labute approximate surface area is 146 Å². The van der Waals surface area contributed by atoms with E-state index in [2.05, 4.69) is 15.6 Å². The fraction of sp³-hybridized carbons (Fsp3) is 0.316. The second-order valence-electron chi connectivity index (χ2n) is 6.44. The lowest BCUT2D eigenvalue weighted by Gasteiger charge is -2.14. The zero-order chi connectivity index (χ0) is 18.0. The summed E-state index contributed by atoms with van der Waals surface area (Å²) in [6, 6.07) is 8.76. The zero-order valence-corrected chi connectivity index (χ0v) is 14.3. The molecule has 1 heterocycles. The van der Waals surface area contributed by atoms with Crippen molar-refractivity contribution in [2.75, 3.05) is 5.32 Å². The van der Waals surface area contributed by atoms with Gasteiger partial charge in [0, 0.05) is 23.4 Å². The molecule has 0 bridgehead atoms. The van der Waals surface area contributed by atoms with E-state index in [9.17, 15) is 14.4 Å². The third kappa shape index (κ3) is 4.15. The van der Waals surface area contributed by atoms with E-state index in [1.165, 1.54) is 13.1 Å². The van der Waals surface area contributed by atoms with Crippen molar-refractivity contribution in [1.82, 2.24) is 10.3 Å². The van der Waals surface area contributed by atoms with E-state index >= 15 is 0 Å². The van der Waals surface area contributed by atoms with E-state index in [0.29, 0.717) is 11.3 Å². The van der Waals surface area contributed by atoms with Crippen LogP contribution in [0.3, 0.4) is 0 Å². The number of aromatic amines is 1. The monoisotopic (exact) mass is 339 g/mol. The largest absolute Gasteiger partial charge is 0.356 e. The van der Waals surface area contributed by atoms with Gasteiger partial charge >= 0.3 is 0 Å². The maximum atomic E-state index is 12.2. The standard InChI is InChI=1S/C19H21N3O3/c1-11(21-19(25)17-9-15(10-20-17)12(2)23)13-5-7-16(8-6-13)22-18(24)14-3-4-14/h5-11,14,20H,3-4H2,1-2H3,(H,21,25)(H,22,24). The molecule has 1 atom stereocenters. The molecule has 3 rings (SSSR count). The van der Waals surface area contributed by atoms with Crippen LogP contribution in [0, 0.1) is 5.92 Å². The van der Waals surface area contributed by atoms with Crippen LogP contribution in [0.2, 0.25) is 0 Å². The molecule has 1 aliphatic rings. The second-order valence-corrected chi connectivity index (χ2v) is 6.44. The number of anilines is 1. The van der Waals surface area contributed by atoms with Crippen molar-refractivity contribution >= 4 is 23.3 Å². The van der Waals surface area contributed by atoms with Gasteiger partial charge in [0.2, 0.25) is 5.91 Å². The molecule has 1 fully saturated rings. The van der Waals surface area contributed by atoms with Gasteiger partial charge in [-0.05, 0) is 50.5 Å². The molecule has 6 nitrogen and oxygen atoms in total. The van der Waals surface area contributed by atoms with Gasteiger partial charge in [-0.2, -0.15) is 0 Å². The number of ketones is 1. The molecule has 1 saturated carbocycles. The van der Waals surface area contributed by atoms with Crippen molar-refractivity contribution < 1.29 is 14.4 Å². The zero-order valence-electron chi connectivity index (χ0n) is 14.3. The smallest absolute Gasteiger partial charge is 0.268 e. The van der Waals surface area contributed by atoms with Crippen molar-refractivity contribution in [1.29, 1.82) is 0 Å². The molecule has 25 heavy (non-hydrogen) atoms. The lowest BCUT2D eigenvalue weighted by Crippen LogP contribution is -2.26. The predicted octanol–water partition coefficient (Wildman–Crippen LogP) is 3.06. The lowest BCUT2D eigenvalue weighted by molar-refractivity contribution is -0.117. The Morgan fingerprint density at radius 3 is 2.40 bits per heavy atom. The van der Waals surface area contributed by atoms with E-state index < -0.39 is 0 Å². The van der Waals surface area contributed by atoms with E-state index in [-0.39, 0.29) is 29.6 Å². The summed E-state index contributed by atoms with van der Waals surface area (Å²) in [7, 11) is 0. The number of rotatable bonds is 6. The molecule has 0 saturated heterocycles. The maximum absolute atomic E-state index is 12.2. The first-order valence-electron chi connectivity index (χ1n) is 8.35. The average molecular weight is 339 g/mol. The lowest BCUT2D eigenvalue weighted by atomic mass is 10.1. The fourth-order valence-corrected chi connectivity index (χ4v) is 2.53. The van der Waals surface area contributed by atoms with Gasteiger partial charge in [0.05, 0.1) is 6.04 Å². The minimum atomic E-state index is -0.272. The molecular formula is C19H21N3O3. The van der Waals surface area contributed by atoms with Crippen LogP contribution in [0.4, 0.5) is 5.69 Å². The Kier molecular flexibility index (Phi) is 4.70. The minimum Gasteiger partial charge on any atom is -0.356 e. The van der Waals surface area contributed by atoms with Crippen molar-refractivity contribution in [2.24, 2.45) is 5.92 Å². The quantitative estimate of drug-likeness (QED) is 0.706. The Morgan fingerprint density at radius 2 is 1.84 bits per heavy atom. The third-order valence-electron chi connectivity index (χ3n) is 4.31. The summed E-state index contributed by atoms with van der Waals surface area (Å²) in [4.78, 5) is 38.1. The first kappa shape index (κ1) is 17.0. The van der Waals surface area contributed by atoms with E-state index in [1.807, 2.05) is 31.2 Å². The van der Waals surface area contributed by atoms with Gasteiger partial charge in [-0.1, -0.05) is 12.1 Å². The molecule has 2 aromatic rings. The third-order valence-corrected chi connectivity index (χ3v) is 4.31. The number of nitrogens with one attached hydrogen (secondary N) is 3. The van der Waals surface area contributed by atoms with Crippen LogP contribution in [0.25, 0.3) is 0 Å². The van der Waals surface area contributed by atoms with Crippen LogP contribution in [-0.4, -0.2) is 22.6 Å². The van der Waals surface area contributed by atoms with Crippen LogP contribution in [0.1, 0.15) is 59.1 Å². The van der Waals surface area contributed by atoms with Gasteiger partial charge in [0.25, 0.3) is 5.91 Å². The summed E-state index contributed by atoms with van der Waals surface area (Å²) in [5, 5.41) is 5.77. The maximum Gasteiger partial charge on any atom is 0.268 e. The number of Topliss-reactive ketones (excluding diaryl/α,β-unsaturated/α-hetero) is 1. The van der Waals surface area contributed by atoms with E-state index in [0.717, 1.165) is 24.1 Å². The summed E-state index contributed by atoms with van der Waals surface area (Å²) < 4.78 is 0. The molecule has 6 heteroatoms. The first-order chi connectivity index (χ1) is 11.9. The number of carbonyl (C=O) groups is 3. The summed E-state index contributed by atoms with van der Waals surface area (Å²) in [5.41, 5.74) is 2.52. The number of hydrogen-bond donors (Lipinski definition) is 3. The SMILES string of the molecule is CC(=O)c1c[nH]c(C(=O)NC(C)c2ccc(NC(=O)C3CC3)cc2)c1. The molecule has 1 aromatic heterocycles. The fourth-order valence-electron chi connectivity index (χ4n) is 2.53. The molecule has 0 aliphatic heterocycles. The van der Waals surface area contributed by atoms with Gasteiger partial charge in [-0.3, -0.25) is 14.4 Å². The van der Waals surface area contributed by atoms with Gasteiger partial charge < -0.3 is 15.6 Å². The molecule has 130 valence electrons. The number of H-pyrrole nitrogens is 1. The summed E-state index contributed by atoms with van der Waals surface area (Å²) in [6.07, 6.45) is 3.47. The summed E-state index contributed by atoms with van der Waals surface area (Å²) in [5.74, 6) is -0.126. The molecule has 0 radical (unpaired) electrons. The highest BCUT2D eigenvalue weighted by Crippen LogP contribution is 2.30. The van der Waals surface area contributed by atoms with E-state index in [1.54, 1.807) is 6.07 Å². The van der Waals surface area contributed by atoms with Crippen LogP contribution in [-0.2, 0) is 4.79 Å². The number of aromatic nitrogens is 1. The number of hydrogen-bond acceptors (Lipinski definition) is 3. The van der Waals surface area contributed by atoms with E-state index in [4.69, 9.17) is 0 Å². The normalized spacial score (nSPS) is 14.6. The van der Waals surface area contributed by atoms with Gasteiger partial charge in [-0.15, -0.1) is 0 Å². The molecule has 1 aromatic carbocycles. The minimum absolute atomic E-state index is 0.0714. The van der Waals surface area contributed by atoms with Gasteiger partial charge in [0.1, 0.15) is 5.69 Å². The Bertz CT molecular complexity index is 804.